The van der Waals surface area contributed by atoms with Gasteiger partial charge >= 0.3 is 0 Å². The average Bonchev–Trinajstić information content (AvgIpc) is 2.70. The van der Waals surface area contributed by atoms with Crippen LogP contribution in [-0.4, -0.2) is 20.0 Å². The van der Waals surface area contributed by atoms with Crippen LogP contribution in [0.4, 0.5) is 0 Å². The minimum atomic E-state index is -0.211. The summed E-state index contributed by atoms with van der Waals surface area (Å²) in [5.74, 6) is 1.18. The predicted octanol–water partition coefficient (Wildman–Crippen LogP) is 3.87. The van der Waals surface area contributed by atoms with Crippen molar-refractivity contribution in [3.05, 3.63) is 87.9 Å². The number of benzene rings is 2. The Hall–Kier alpha value is -3.25. The molecule has 4 aromatic rings. The van der Waals surface area contributed by atoms with Crippen LogP contribution in [0.1, 0.15) is 5.69 Å². The highest BCUT2D eigenvalue weighted by molar-refractivity contribution is 6.30. The maximum absolute atomic E-state index is 12.8. The molecule has 7 heteroatoms. The third-order valence-corrected chi connectivity index (χ3v) is 4.30. The summed E-state index contributed by atoms with van der Waals surface area (Å²) >= 11 is 5.89. The third-order valence-electron chi connectivity index (χ3n) is 4.05. The van der Waals surface area contributed by atoms with E-state index in [0.717, 1.165) is 5.69 Å². The van der Waals surface area contributed by atoms with Gasteiger partial charge in [-0.3, -0.25) is 9.78 Å². The number of hydrogen-bond acceptors (Lipinski definition) is 5. The lowest BCUT2D eigenvalue weighted by atomic mass is 10.2. The Morgan fingerprint density at radius 3 is 2.59 bits per heavy atom. The van der Waals surface area contributed by atoms with Crippen LogP contribution in [0.3, 0.4) is 0 Å². The minimum Gasteiger partial charge on any atom is -0.457 e. The first-order valence-electron chi connectivity index (χ1n) is 8.40. The Bertz CT molecular complexity index is 1130. The van der Waals surface area contributed by atoms with Gasteiger partial charge in [0.05, 0.1) is 11.9 Å². The first-order chi connectivity index (χ1) is 13.2. The van der Waals surface area contributed by atoms with Gasteiger partial charge in [0.15, 0.2) is 0 Å². The number of hydrogen-bond donors (Lipinski definition) is 0. The number of aryl methyl sites for hydroxylation is 2. The Kier molecular flexibility index (Phi) is 4.80. The molecule has 0 radical (unpaired) electrons. The number of fused-ring (bicyclic) bond motifs is 1. The minimum absolute atomic E-state index is 0.211. The lowest BCUT2D eigenvalue weighted by Crippen LogP contribution is -2.25. The fourth-order valence-corrected chi connectivity index (χ4v) is 2.80. The van der Waals surface area contributed by atoms with E-state index >= 15 is 0 Å². The molecule has 0 atom stereocenters. The summed E-state index contributed by atoms with van der Waals surface area (Å²) in [5.41, 5.74) is 1.21. The number of rotatable bonds is 5. The summed E-state index contributed by atoms with van der Waals surface area (Å²) in [4.78, 5) is 17.0. The van der Waals surface area contributed by atoms with Crippen molar-refractivity contribution >= 4 is 22.5 Å². The molecule has 0 spiro atoms. The van der Waals surface area contributed by atoms with Crippen LogP contribution < -0.4 is 10.3 Å². The second-order valence-corrected chi connectivity index (χ2v) is 6.36. The van der Waals surface area contributed by atoms with Crippen LogP contribution in [0.5, 0.6) is 11.5 Å². The van der Waals surface area contributed by atoms with Gasteiger partial charge < -0.3 is 4.74 Å². The van der Waals surface area contributed by atoms with E-state index in [0.29, 0.717) is 40.4 Å². The van der Waals surface area contributed by atoms with Gasteiger partial charge in [0.1, 0.15) is 17.0 Å². The van der Waals surface area contributed by atoms with Crippen LogP contribution in [-0.2, 0) is 13.0 Å². The van der Waals surface area contributed by atoms with Crippen molar-refractivity contribution < 1.29 is 4.74 Å². The molecule has 0 aliphatic carbocycles. The highest BCUT2D eigenvalue weighted by Crippen LogP contribution is 2.24. The largest absolute Gasteiger partial charge is 0.457 e. The Morgan fingerprint density at radius 1 is 1.00 bits per heavy atom. The van der Waals surface area contributed by atoms with Gasteiger partial charge in [-0.25, -0.2) is 4.68 Å². The quantitative estimate of drug-likeness (QED) is 0.527. The molecule has 0 aliphatic rings. The number of pyridine rings is 1. The molecule has 6 nitrogen and oxygen atoms in total. The van der Waals surface area contributed by atoms with Gasteiger partial charge in [-0.2, -0.15) is 0 Å². The molecule has 0 aliphatic heterocycles. The summed E-state index contributed by atoms with van der Waals surface area (Å²) < 4.78 is 7.15. The van der Waals surface area contributed by atoms with Crippen LogP contribution >= 0.6 is 11.6 Å². The number of nitrogens with zero attached hydrogens (tertiary/aromatic N) is 4. The summed E-state index contributed by atoms with van der Waals surface area (Å²) in [7, 11) is 0. The van der Waals surface area contributed by atoms with E-state index in [1.165, 1.54) is 4.68 Å². The van der Waals surface area contributed by atoms with Crippen molar-refractivity contribution in [2.45, 2.75) is 13.0 Å². The molecule has 0 bridgehead atoms. The lowest BCUT2D eigenvalue weighted by molar-refractivity contribution is 0.483. The maximum atomic E-state index is 12.8. The molecule has 134 valence electrons. The van der Waals surface area contributed by atoms with Gasteiger partial charge in [-0.15, -0.1) is 5.10 Å². The lowest BCUT2D eigenvalue weighted by Gasteiger charge is -2.08. The molecule has 2 aromatic heterocycles. The first kappa shape index (κ1) is 17.2. The SMILES string of the molecule is O=c1c2cc(Oc3ccc(Cl)cc3)ccc2nnn1CCc1ccccn1. The molecule has 4 rings (SSSR count). The molecule has 0 amide bonds. The zero-order chi connectivity index (χ0) is 18.6. The summed E-state index contributed by atoms with van der Waals surface area (Å²) in [6.45, 7) is 0.404. The van der Waals surface area contributed by atoms with Crippen molar-refractivity contribution in [1.82, 2.24) is 20.0 Å². The molecule has 0 saturated heterocycles. The van der Waals surface area contributed by atoms with Gasteiger partial charge in [0, 0.05) is 23.3 Å². The molecule has 2 aromatic carbocycles. The van der Waals surface area contributed by atoms with Crippen molar-refractivity contribution in [2.24, 2.45) is 0 Å². The highest BCUT2D eigenvalue weighted by Gasteiger charge is 2.08. The third kappa shape index (κ3) is 3.96. The number of ether oxygens (including phenoxy) is 1. The molecule has 0 fully saturated rings. The van der Waals surface area contributed by atoms with Crippen LogP contribution in [0.25, 0.3) is 10.9 Å². The second kappa shape index (κ2) is 7.55. The first-order valence-corrected chi connectivity index (χ1v) is 8.78. The van der Waals surface area contributed by atoms with Crippen molar-refractivity contribution in [3.8, 4) is 11.5 Å². The molecule has 27 heavy (non-hydrogen) atoms. The van der Waals surface area contributed by atoms with E-state index in [-0.39, 0.29) is 5.56 Å². The van der Waals surface area contributed by atoms with E-state index in [1.54, 1.807) is 48.7 Å². The van der Waals surface area contributed by atoms with Crippen molar-refractivity contribution in [1.29, 1.82) is 0 Å². The predicted molar refractivity (Wildman–Crippen MR) is 103 cm³/mol. The number of aromatic nitrogens is 4. The van der Waals surface area contributed by atoms with Gasteiger partial charge in [-0.1, -0.05) is 22.9 Å². The van der Waals surface area contributed by atoms with Crippen molar-refractivity contribution in [2.75, 3.05) is 0 Å². The summed E-state index contributed by atoms with van der Waals surface area (Å²) in [5, 5.41) is 9.24. The normalized spacial score (nSPS) is 10.9. The molecule has 0 unspecified atom stereocenters. The van der Waals surface area contributed by atoms with E-state index in [1.807, 2.05) is 18.2 Å². The van der Waals surface area contributed by atoms with E-state index in [9.17, 15) is 4.79 Å². The van der Waals surface area contributed by atoms with Gasteiger partial charge in [-0.05, 0) is 54.6 Å². The molecule has 0 N–H and O–H groups in total. The van der Waals surface area contributed by atoms with Gasteiger partial charge in [0.2, 0.25) is 0 Å². The standard InChI is InChI=1S/C20H15ClN4O2/c21-14-4-6-16(7-5-14)27-17-8-9-19-18(13-17)20(26)25(24-23-19)12-10-15-3-1-2-11-22-15/h1-9,11,13H,10,12H2. The fourth-order valence-electron chi connectivity index (χ4n) is 2.67. The fraction of sp³-hybridized carbons (Fsp3) is 0.100. The van der Waals surface area contributed by atoms with E-state index in [2.05, 4.69) is 15.3 Å². The Labute approximate surface area is 160 Å². The monoisotopic (exact) mass is 378 g/mol. The smallest absolute Gasteiger partial charge is 0.277 e. The van der Waals surface area contributed by atoms with Crippen LogP contribution in [0.2, 0.25) is 5.02 Å². The zero-order valence-corrected chi connectivity index (χ0v) is 15.0. The van der Waals surface area contributed by atoms with Crippen LogP contribution in [0, 0.1) is 0 Å². The molecule has 2 heterocycles. The van der Waals surface area contributed by atoms with E-state index < -0.39 is 0 Å². The average molecular weight is 379 g/mol. The topological polar surface area (TPSA) is 69.9 Å². The van der Waals surface area contributed by atoms with Gasteiger partial charge in [0.25, 0.3) is 5.56 Å². The Morgan fingerprint density at radius 2 is 1.81 bits per heavy atom. The maximum Gasteiger partial charge on any atom is 0.277 e. The zero-order valence-electron chi connectivity index (χ0n) is 14.2. The second-order valence-electron chi connectivity index (χ2n) is 5.92. The molecular weight excluding hydrogens is 364 g/mol. The molecular formula is C20H15ClN4O2. The van der Waals surface area contributed by atoms with E-state index in [4.69, 9.17) is 16.3 Å². The van der Waals surface area contributed by atoms with Crippen LogP contribution in [0.15, 0.2) is 71.7 Å². The molecule has 0 saturated carbocycles. The summed E-state index contributed by atoms with van der Waals surface area (Å²) in [6, 6.07) is 17.9. The number of halogens is 1. The highest BCUT2D eigenvalue weighted by atomic mass is 35.5. The van der Waals surface area contributed by atoms with Crippen molar-refractivity contribution in [3.63, 3.8) is 0 Å². The summed E-state index contributed by atoms with van der Waals surface area (Å²) in [6.07, 6.45) is 2.33. The Balaban J connectivity index is 1.60.